The quantitative estimate of drug-likeness (QED) is 0.733. The van der Waals surface area contributed by atoms with Gasteiger partial charge in [0.2, 0.25) is 0 Å². The highest BCUT2D eigenvalue weighted by Gasteiger charge is 2.17. The van der Waals surface area contributed by atoms with Crippen molar-refractivity contribution in [3.8, 4) is 0 Å². The van der Waals surface area contributed by atoms with Crippen LogP contribution in [0.5, 0.6) is 0 Å². The lowest BCUT2D eigenvalue weighted by Gasteiger charge is -2.24. The van der Waals surface area contributed by atoms with Crippen LogP contribution in [0.4, 0.5) is 0 Å². The van der Waals surface area contributed by atoms with Crippen LogP contribution in [0.3, 0.4) is 0 Å². The van der Waals surface area contributed by atoms with E-state index in [1.165, 1.54) is 12.0 Å². The molecule has 0 bridgehead atoms. The summed E-state index contributed by atoms with van der Waals surface area (Å²) in [6.07, 6.45) is 1.18. The van der Waals surface area contributed by atoms with Crippen molar-refractivity contribution in [3.05, 3.63) is 34.3 Å². The van der Waals surface area contributed by atoms with Crippen molar-refractivity contribution in [2.75, 3.05) is 19.7 Å². The molecule has 0 aliphatic carbocycles. The first-order chi connectivity index (χ1) is 8.53. The zero-order valence-electron chi connectivity index (χ0n) is 11.6. The van der Waals surface area contributed by atoms with Crippen molar-refractivity contribution in [3.63, 3.8) is 0 Å². The summed E-state index contributed by atoms with van der Waals surface area (Å²) in [5, 5.41) is 3.45. The molecule has 1 N–H and O–H groups in total. The van der Waals surface area contributed by atoms with E-state index in [0.29, 0.717) is 6.61 Å². The molecule has 0 aliphatic heterocycles. The Labute approximate surface area is 119 Å². The Bertz CT molecular complexity index is 352. The molecule has 0 aromatic heterocycles. The Hall–Kier alpha value is -0.380. The topological polar surface area (TPSA) is 21.3 Å². The van der Waals surface area contributed by atoms with E-state index in [1.807, 2.05) is 12.1 Å². The van der Waals surface area contributed by atoms with E-state index < -0.39 is 0 Å². The molecule has 0 spiro atoms. The molecule has 0 heterocycles. The van der Waals surface area contributed by atoms with Gasteiger partial charge in [0.05, 0.1) is 13.2 Å². The van der Waals surface area contributed by atoms with Crippen LogP contribution in [0.15, 0.2) is 28.7 Å². The molecule has 1 aromatic carbocycles. The van der Waals surface area contributed by atoms with E-state index in [4.69, 9.17) is 4.74 Å². The fourth-order valence-corrected chi connectivity index (χ4v) is 2.17. The van der Waals surface area contributed by atoms with E-state index in [2.05, 4.69) is 54.2 Å². The highest BCUT2D eigenvalue weighted by molar-refractivity contribution is 9.10. The van der Waals surface area contributed by atoms with Gasteiger partial charge in [-0.25, -0.2) is 0 Å². The van der Waals surface area contributed by atoms with Gasteiger partial charge in [-0.1, -0.05) is 48.8 Å². The van der Waals surface area contributed by atoms with Gasteiger partial charge in [-0.05, 0) is 30.7 Å². The maximum atomic E-state index is 5.81. The Kier molecular flexibility index (Phi) is 6.90. The van der Waals surface area contributed by atoms with Gasteiger partial charge in [-0.2, -0.15) is 0 Å². The second-order valence-electron chi connectivity index (χ2n) is 5.46. The molecule has 0 radical (unpaired) electrons. The third-order valence-corrected chi connectivity index (χ3v) is 3.17. The molecule has 1 rings (SSSR count). The first-order valence-electron chi connectivity index (χ1n) is 6.56. The van der Waals surface area contributed by atoms with Crippen LogP contribution in [-0.4, -0.2) is 19.7 Å². The molecule has 18 heavy (non-hydrogen) atoms. The van der Waals surface area contributed by atoms with Crippen molar-refractivity contribution in [1.82, 2.24) is 5.32 Å². The lowest BCUT2D eigenvalue weighted by molar-refractivity contribution is 0.0513. The Morgan fingerprint density at radius 1 is 1.33 bits per heavy atom. The first kappa shape index (κ1) is 15.7. The van der Waals surface area contributed by atoms with Gasteiger partial charge in [0.15, 0.2) is 0 Å². The summed E-state index contributed by atoms with van der Waals surface area (Å²) in [6, 6.07) is 8.26. The van der Waals surface area contributed by atoms with E-state index in [0.717, 1.165) is 24.2 Å². The standard InChI is InChI=1S/C15H24BrNO/c1-4-8-17-11-15(2,3)12-18-10-13-6-5-7-14(16)9-13/h5-7,9,17H,4,8,10-12H2,1-3H3. The molecule has 0 saturated heterocycles. The van der Waals surface area contributed by atoms with Crippen LogP contribution in [0.25, 0.3) is 0 Å². The number of hydrogen-bond acceptors (Lipinski definition) is 2. The number of nitrogens with one attached hydrogen (secondary N) is 1. The zero-order chi connectivity index (χ0) is 13.4. The smallest absolute Gasteiger partial charge is 0.0717 e. The van der Waals surface area contributed by atoms with Crippen LogP contribution in [-0.2, 0) is 11.3 Å². The average Bonchev–Trinajstić information content (AvgIpc) is 2.29. The Morgan fingerprint density at radius 2 is 2.11 bits per heavy atom. The largest absolute Gasteiger partial charge is 0.376 e. The molecule has 3 heteroatoms. The van der Waals surface area contributed by atoms with E-state index in [-0.39, 0.29) is 5.41 Å². The molecule has 0 fully saturated rings. The van der Waals surface area contributed by atoms with Gasteiger partial charge < -0.3 is 10.1 Å². The maximum absolute atomic E-state index is 5.81. The lowest BCUT2D eigenvalue weighted by Crippen LogP contribution is -2.33. The highest BCUT2D eigenvalue weighted by atomic mass is 79.9. The van der Waals surface area contributed by atoms with Crippen molar-refractivity contribution in [2.45, 2.75) is 33.8 Å². The third-order valence-electron chi connectivity index (χ3n) is 2.68. The first-order valence-corrected chi connectivity index (χ1v) is 7.36. The summed E-state index contributed by atoms with van der Waals surface area (Å²) in [5.74, 6) is 0. The minimum absolute atomic E-state index is 0.182. The predicted octanol–water partition coefficient (Wildman–Crippen LogP) is 3.99. The molecule has 0 amide bonds. The van der Waals surface area contributed by atoms with Gasteiger partial charge in [0.1, 0.15) is 0 Å². The van der Waals surface area contributed by atoms with Crippen LogP contribution in [0.2, 0.25) is 0 Å². The predicted molar refractivity (Wildman–Crippen MR) is 80.7 cm³/mol. The zero-order valence-corrected chi connectivity index (χ0v) is 13.2. The monoisotopic (exact) mass is 313 g/mol. The molecular weight excluding hydrogens is 290 g/mol. The number of benzene rings is 1. The Morgan fingerprint density at radius 3 is 2.78 bits per heavy atom. The normalized spacial score (nSPS) is 11.8. The summed E-state index contributed by atoms with van der Waals surface area (Å²) in [4.78, 5) is 0. The molecule has 0 atom stereocenters. The lowest BCUT2D eigenvalue weighted by atomic mass is 9.95. The van der Waals surface area contributed by atoms with Gasteiger partial charge in [0.25, 0.3) is 0 Å². The molecule has 1 aromatic rings. The second kappa shape index (κ2) is 7.93. The number of ether oxygens (including phenoxy) is 1. The van der Waals surface area contributed by atoms with Crippen LogP contribution in [0.1, 0.15) is 32.8 Å². The van der Waals surface area contributed by atoms with Crippen LogP contribution < -0.4 is 5.32 Å². The fraction of sp³-hybridized carbons (Fsp3) is 0.600. The maximum Gasteiger partial charge on any atom is 0.0717 e. The van der Waals surface area contributed by atoms with Gasteiger partial charge in [-0.3, -0.25) is 0 Å². The van der Waals surface area contributed by atoms with Gasteiger partial charge >= 0.3 is 0 Å². The second-order valence-corrected chi connectivity index (χ2v) is 6.38. The SMILES string of the molecule is CCCNCC(C)(C)COCc1cccc(Br)c1. The molecule has 0 unspecified atom stereocenters. The number of halogens is 1. The van der Waals surface area contributed by atoms with Crippen LogP contribution in [0, 0.1) is 5.41 Å². The summed E-state index contributed by atoms with van der Waals surface area (Å²) in [6.45, 7) is 10.2. The number of rotatable bonds is 8. The highest BCUT2D eigenvalue weighted by Crippen LogP contribution is 2.16. The molecule has 2 nitrogen and oxygen atoms in total. The summed E-state index contributed by atoms with van der Waals surface area (Å²) in [7, 11) is 0. The van der Waals surface area contributed by atoms with Crippen molar-refractivity contribution in [2.24, 2.45) is 5.41 Å². The minimum Gasteiger partial charge on any atom is -0.376 e. The fourth-order valence-electron chi connectivity index (χ4n) is 1.73. The third kappa shape index (κ3) is 6.53. The molecular formula is C15H24BrNO. The van der Waals surface area contributed by atoms with Gasteiger partial charge in [-0.15, -0.1) is 0 Å². The summed E-state index contributed by atoms with van der Waals surface area (Å²) >= 11 is 3.47. The van der Waals surface area contributed by atoms with Crippen molar-refractivity contribution in [1.29, 1.82) is 0 Å². The number of hydrogen-bond donors (Lipinski definition) is 1. The van der Waals surface area contributed by atoms with E-state index in [9.17, 15) is 0 Å². The molecule has 0 aliphatic rings. The average molecular weight is 314 g/mol. The molecule has 0 saturated carbocycles. The minimum atomic E-state index is 0.182. The van der Waals surface area contributed by atoms with E-state index in [1.54, 1.807) is 0 Å². The Balaban J connectivity index is 2.27. The van der Waals surface area contributed by atoms with Crippen molar-refractivity contribution < 1.29 is 4.74 Å². The summed E-state index contributed by atoms with van der Waals surface area (Å²) < 4.78 is 6.91. The summed E-state index contributed by atoms with van der Waals surface area (Å²) in [5.41, 5.74) is 1.39. The van der Waals surface area contributed by atoms with E-state index >= 15 is 0 Å². The van der Waals surface area contributed by atoms with Crippen molar-refractivity contribution >= 4 is 15.9 Å². The van der Waals surface area contributed by atoms with Crippen LogP contribution >= 0.6 is 15.9 Å². The molecule has 102 valence electrons. The van der Waals surface area contributed by atoms with Gasteiger partial charge in [0, 0.05) is 16.4 Å².